The van der Waals surface area contributed by atoms with E-state index in [2.05, 4.69) is 41.9 Å². The van der Waals surface area contributed by atoms with Crippen LogP contribution in [0, 0.1) is 0 Å². The van der Waals surface area contributed by atoms with Crippen molar-refractivity contribution in [2.45, 2.75) is 97.2 Å². The predicted octanol–water partition coefficient (Wildman–Crippen LogP) is 7.02. The molecule has 0 aliphatic heterocycles. The second-order valence-electron chi connectivity index (χ2n) is 6.17. The van der Waals surface area contributed by atoms with Gasteiger partial charge >= 0.3 is 0 Å². The molecule has 0 spiro atoms. The Hall–Kier alpha value is 0.140. The van der Waals surface area contributed by atoms with E-state index >= 15 is 0 Å². The zero-order valence-corrected chi connectivity index (χ0v) is 17.1. The molecule has 0 radical (unpaired) electrons. The summed E-state index contributed by atoms with van der Waals surface area (Å²) in [5, 5.41) is 1.08. The van der Waals surface area contributed by atoms with Crippen LogP contribution < -0.4 is 0 Å². The highest BCUT2D eigenvalue weighted by Crippen LogP contribution is 2.13. The third-order valence-corrected chi connectivity index (χ3v) is 4.23. The van der Waals surface area contributed by atoms with Crippen LogP contribution in [0.15, 0.2) is 12.2 Å². The van der Waals surface area contributed by atoms with Crippen molar-refractivity contribution in [3.63, 3.8) is 0 Å². The highest BCUT2D eigenvalue weighted by atomic mass is 79.9. The van der Waals surface area contributed by atoms with Crippen molar-refractivity contribution in [3.8, 4) is 0 Å². The van der Waals surface area contributed by atoms with Crippen LogP contribution in [0.4, 0.5) is 0 Å². The van der Waals surface area contributed by atoms with Crippen molar-refractivity contribution in [2.75, 3.05) is 18.5 Å². The molecule has 0 bridgehead atoms. The Bertz CT molecular complexity index is 236. The number of ether oxygens (including phenoxy) is 2. The molecule has 0 atom stereocenters. The average Bonchev–Trinajstić information content (AvgIpc) is 2.57. The summed E-state index contributed by atoms with van der Waals surface area (Å²) >= 11 is 3.44. The van der Waals surface area contributed by atoms with Crippen LogP contribution >= 0.6 is 15.9 Å². The Kier molecular flexibility index (Phi) is 20.3. The van der Waals surface area contributed by atoms with E-state index in [-0.39, 0.29) is 6.29 Å². The van der Waals surface area contributed by atoms with Gasteiger partial charge in [0.2, 0.25) is 0 Å². The molecule has 0 rings (SSSR count). The first kappa shape index (κ1) is 23.1. The van der Waals surface area contributed by atoms with Crippen molar-refractivity contribution >= 4 is 15.9 Å². The van der Waals surface area contributed by atoms with Crippen LogP contribution in [-0.4, -0.2) is 24.8 Å². The van der Waals surface area contributed by atoms with E-state index in [9.17, 15) is 0 Å². The van der Waals surface area contributed by atoms with Gasteiger partial charge in [-0.15, -0.1) is 0 Å². The van der Waals surface area contributed by atoms with Crippen molar-refractivity contribution in [1.82, 2.24) is 0 Å². The number of unbranched alkanes of at least 4 members (excludes halogenated alkanes) is 7. The first-order valence-corrected chi connectivity index (χ1v) is 10.9. The Morgan fingerprint density at radius 1 is 0.739 bits per heavy atom. The third kappa shape index (κ3) is 18.3. The Morgan fingerprint density at radius 2 is 1.26 bits per heavy atom. The summed E-state index contributed by atoms with van der Waals surface area (Å²) in [6.07, 6.45) is 19.6. The molecule has 2 nitrogen and oxygen atoms in total. The van der Waals surface area contributed by atoms with E-state index in [0.717, 1.165) is 44.2 Å². The third-order valence-electron chi connectivity index (χ3n) is 3.77. The van der Waals surface area contributed by atoms with Gasteiger partial charge < -0.3 is 9.47 Å². The van der Waals surface area contributed by atoms with Gasteiger partial charge in [-0.3, -0.25) is 0 Å². The van der Waals surface area contributed by atoms with Gasteiger partial charge in [-0.2, -0.15) is 0 Å². The number of halogens is 1. The fourth-order valence-corrected chi connectivity index (χ4v) is 2.73. The molecule has 23 heavy (non-hydrogen) atoms. The molecule has 0 aromatic carbocycles. The molecule has 0 aliphatic rings. The number of hydrogen-bond acceptors (Lipinski definition) is 2. The summed E-state index contributed by atoms with van der Waals surface area (Å²) in [7, 11) is 0. The zero-order valence-electron chi connectivity index (χ0n) is 15.5. The topological polar surface area (TPSA) is 18.5 Å². The van der Waals surface area contributed by atoms with Crippen LogP contribution in [0.2, 0.25) is 0 Å². The van der Waals surface area contributed by atoms with Gasteiger partial charge in [0.15, 0.2) is 6.29 Å². The van der Waals surface area contributed by atoms with Crippen LogP contribution in [0.1, 0.15) is 90.9 Å². The second-order valence-corrected chi connectivity index (χ2v) is 6.97. The summed E-state index contributed by atoms with van der Waals surface area (Å²) < 4.78 is 11.5. The Labute approximate surface area is 153 Å². The zero-order chi connectivity index (χ0) is 17.0. The molecule has 0 heterocycles. The highest BCUT2D eigenvalue weighted by molar-refractivity contribution is 9.09. The van der Waals surface area contributed by atoms with E-state index < -0.39 is 0 Å². The molecule has 0 aliphatic carbocycles. The molecular formula is C20H39BrO2. The lowest BCUT2D eigenvalue weighted by Gasteiger charge is -2.18. The van der Waals surface area contributed by atoms with Crippen molar-refractivity contribution < 1.29 is 9.47 Å². The molecule has 0 aromatic heterocycles. The number of hydrogen-bond donors (Lipinski definition) is 0. The summed E-state index contributed by atoms with van der Waals surface area (Å²) in [5.41, 5.74) is 0. The lowest BCUT2D eigenvalue weighted by molar-refractivity contribution is -0.146. The minimum absolute atomic E-state index is 0.0289. The second kappa shape index (κ2) is 20.2. The number of rotatable bonds is 18. The Morgan fingerprint density at radius 3 is 1.83 bits per heavy atom. The van der Waals surface area contributed by atoms with E-state index in [0.29, 0.717) is 0 Å². The molecular weight excluding hydrogens is 352 g/mol. The maximum Gasteiger partial charge on any atom is 0.157 e. The maximum atomic E-state index is 5.76. The van der Waals surface area contributed by atoms with E-state index in [1.54, 1.807) is 0 Å². The van der Waals surface area contributed by atoms with Crippen LogP contribution in [0.25, 0.3) is 0 Å². The van der Waals surface area contributed by atoms with Crippen molar-refractivity contribution in [2.24, 2.45) is 0 Å². The quantitative estimate of drug-likeness (QED) is 0.108. The molecule has 0 N–H and O–H groups in total. The highest BCUT2D eigenvalue weighted by Gasteiger charge is 2.08. The van der Waals surface area contributed by atoms with Crippen LogP contribution in [0.3, 0.4) is 0 Å². The minimum Gasteiger partial charge on any atom is -0.353 e. The molecule has 0 saturated carbocycles. The normalized spacial score (nSPS) is 11.8. The summed E-state index contributed by atoms with van der Waals surface area (Å²) in [6, 6.07) is 0. The van der Waals surface area contributed by atoms with Gasteiger partial charge in [0.1, 0.15) is 0 Å². The first-order chi connectivity index (χ1) is 11.3. The summed E-state index contributed by atoms with van der Waals surface area (Å²) in [5.74, 6) is 0. The van der Waals surface area contributed by atoms with Gasteiger partial charge in [-0.1, -0.05) is 74.0 Å². The number of alkyl halides is 1. The molecule has 0 unspecified atom stereocenters. The van der Waals surface area contributed by atoms with Crippen molar-refractivity contribution in [1.29, 1.82) is 0 Å². The largest absolute Gasteiger partial charge is 0.353 e. The fourth-order valence-electron chi connectivity index (χ4n) is 2.47. The van der Waals surface area contributed by atoms with E-state index in [1.165, 1.54) is 51.4 Å². The molecule has 0 amide bonds. The molecule has 0 fully saturated rings. The van der Waals surface area contributed by atoms with Gasteiger partial charge in [-0.25, -0.2) is 0 Å². The maximum absolute atomic E-state index is 5.76. The molecule has 138 valence electrons. The summed E-state index contributed by atoms with van der Waals surface area (Å²) in [6.45, 7) is 5.93. The minimum atomic E-state index is 0.0289. The van der Waals surface area contributed by atoms with Gasteiger partial charge in [0.05, 0.1) is 0 Å². The van der Waals surface area contributed by atoms with Crippen molar-refractivity contribution in [3.05, 3.63) is 12.2 Å². The number of allylic oxidation sites excluding steroid dienone is 2. The van der Waals surface area contributed by atoms with E-state index in [4.69, 9.17) is 9.47 Å². The standard InChI is InChI=1S/C20H39BrO2/c1-3-18-22-20(23-19-4-2)16-14-12-10-8-6-5-7-9-11-13-15-17-21/h11,13,20H,3-10,12,14-19H2,1-2H3/b13-11-. The van der Waals surface area contributed by atoms with Gasteiger partial charge in [-0.05, 0) is 44.9 Å². The van der Waals surface area contributed by atoms with Crippen LogP contribution in [-0.2, 0) is 9.47 Å². The summed E-state index contributed by atoms with van der Waals surface area (Å²) in [4.78, 5) is 0. The lowest BCUT2D eigenvalue weighted by Crippen LogP contribution is -2.18. The van der Waals surface area contributed by atoms with Crippen LogP contribution in [0.5, 0.6) is 0 Å². The first-order valence-electron chi connectivity index (χ1n) is 9.79. The molecule has 0 saturated heterocycles. The monoisotopic (exact) mass is 390 g/mol. The fraction of sp³-hybridized carbons (Fsp3) is 0.900. The van der Waals surface area contributed by atoms with Gasteiger partial charge in [0.25, 0.3) is 0 Å². The average molecular weight is 391 g/mol. The van der Waals surface area contributed by atoms with E-state index in [1.807, 2.05) is 0 Å². The lowest BCUT2D eigenvalue weighted by atomic mass is 10.1. The molecule has 0 aromatic rings. The SMILES string of the molecule is CCCOC(CCCCCCCCC/C=C\CCBr)OCCC. The Balaban J connectivity index is 3.37. The molecule has 3 heteroatoms. The predicted molar refractivity (Wildman–Crippen MR) is 105 cm³/mol. The smallest absolute Gasteiger partial charge is 0.157 e. The van der Waals surface area contributed by atoms with Gasteiger partial charge in [0, 0.05) is 18.5 Å².